The van der Waals surface area contributed by atoms with Crippen LogP contribution in [0, 0.1) is 6.92 Å². The predicted molar refractivity (Wildman–Crippen MR) is 84.0 cm³/mol. The molecular formula is C16H24BrN. The smallest absolute Gasteiger partial charge is 0.0322 e. The second-order valence-electron chi connectivity index (χ2n) is 4.73. The molecule has 1 aromatic rings. The van der Waals surface area contributed by atoms with Crippen molar-refractivity contribution in [3.63, 3.8) is 0 Å². The van der Waals surface area contributed by atoms with E-state index in [-0.39, 0.29) is 0 Å². The maximum Gasteiger partial charge on any atom is 0.0322 e. The lowest BCUT2D eigenvalue weighted by Crippen LogP contribution is -2.22. The van der Waals surface area contributed by atoms with Crippen molar-refractivity contribution < 1.29 is 0 Å². The lowest BCUT2D eigenvalue weighted by Gasteiger charge is -2.21. The van der Waals surface area contributed by atoms with Crippen molar-refractivity contribution in [3.05, 3.63) is 46.5 Å². The van der Waals surface area contributed by atoms with Gasteiger partial charge in [0.2, 0.25) is 0 Å². The highest BCUT2D eigenvalue weighted by Gasteiger charge is 2.12. The number of rotatable bonds is 8. The molecular weight excluding hydrogens is 286 g/mol. The monoisotopic (exact) mass is 309 g/mol. The Bertz CT molecular complexity index is 373. The van der Waals surface area contributed by atoms with Crippen molar-refractivity contribution in [1.29, 1.82) is 0 Å². The van der Waals surface area contributed by atoms with E-state index in [0.29, 0.717) is 6.04 Å². The molecule has 0 amide bonds. The zero-order valence-electron chi connectivity index (χ0n) is 11.5. The van der Waals surface area contributed by atoms with Crippen LogP contribution in [0.4, 0.5) is 0 Å². The number of halogens is 1. The number of unbranched alkanes of at least 4 members (excludes halogenated alkanes) is 1. The van der Waals surface area contributed by atoms with Crippen LogP contribution in [0.1, 0.15) is 49.8 Å². The van der Waals surface area contributed by atoms with Gasteiger partial charge < -0.3 is 5.32 Å². The van der Waals surface area contributed by atoms with Crippen LogP contribution in [0.3, 0.4) is 0 Å². The normalized spacial score (nSPS) is 12.4. The lowest BCUT2D eigenvalue weighted by molar-refractivity contribution is 0.484. The highest BCUT2D eigenvalue weighted by molar-refractivity contribution is 9.10. The van der Waals surface area contributed by atoms with Gasteiger partial charge in [-0.25, -0.2) is 0 Å². The van der Waals surface area contributed by atoms with Crippen LogP contribution in [0.25, 0.3) is 0 Å². The summed E-state index contributed by atoms with van der Waals surface area (Å²) in [5.74, 6) is 0. The fraction of sp³-hybridized carbons (Fsp3) is 0.500. The fourth-order valence-electron chi connectivity index (χ4n) is 2.18. The Balaban J connectivity index is 2.76. The van der Waals surface area contributed by atoms with Crippen molar-refractivity contribution in [2.24, 2.45) is 0 Å². The molecule has 2 heteroatoms. The van der Waals surface area contributed by atoms with Crippen molar-refractivity contribution in [3.8, 4) is 0 Å². The van der Waals surface area contributed by atoms with E-state index in [1.807, 2.05) is 6.08 Å². The molecule has 0 aliphatic rings. The van der Waals surface area contributed by atoms with Gasteiger partial charge in [-0.05, 0) is 62.4 Å². The first-order valence-corrected chi connectivity index (χ1v) is 7.58. The van der Waals surface area contributed by atoms with E-state index in [1.54, 1.807) is 0 Å². The van der Waals surface area contributed by atoms with Gasteiger partial charge in [0.1, 0.15) is 0 Å². The third-order valence-electron chi connectivity index (χ3n) is 3.15. The second kappa shape index (κ2) is 8.49. The van der Waals surface area contributed by atoms with Crippen LogP contribution in [0.2, 0.25) is 0 Å². The van der Waals surface area contributed by atoms with E-state index in [9.17, 15) is 0 Å². The maximum atomic E-state index is 3.79. The van der Waals surface area contributed by atoms with Crippen molar-refractivity contribution in [1.82, 2.24) is 5.32 Å². The van der Waals surface area contributed by atoms with Crippen LogP contribution < -0.4 is 5.32 Å². The Morgan fingerprint density at radius 2 is 2.22 bits per heavy atom. The Kier molecular flexibility index (Phi) is 7.29. The summed E-state index contributed by atoms with van der Waals surface area (Å²) in [4.78, 5) is 0. The van der Waals surface area contributed by atoms with Crippen molar-refractivity contribution >= 4 is 15.9 Å². The topological polar surface area (TPSA) is 12.0 Å². The molecule has 0 radical (unpaired) electrons. The van der Waals surface area contributed by atoms with Gasteiger partial charge >= 0.3 is 0 Å². The molecule has 0 aliphatic heterocycles. The molecule has 100 valence electrons. The summed E-state index contributed by atoms with van der Waals surface area (Å²) < 4.78 is 1.16. The largest absolute Gasteiger partial charge is 0.310 e. The van der Waals surface area contributed by atoms with Crippen molar-refractivity contribution in [2.75, 3.05) is 6.54 Å². The van der Waals surface area contributed by atoms with Gasteiger partial charge in [0, 0.05) is 10.5 Å². The predicted octanol–water partition coefficient (Wildman–Crippen LogP) is 5.15. The average molecular weight is 310 g/mol. The quantitative estimate of drug-likeness (QED) is 0.517. The number of hydrogen-bond donors (Lipinski definition) is 1. The Labute approximate surface area is 120 Å². The van der Waals surface area contributed by atoms with Gasteiger partial charge in [0.25, 0.3) is 0 Å². The number of hydrogen-bond acceptors (Lipinski definition) is 1. The molecule has 0 aromatic heterocycles. The molecule has 18 heavy (non-hydrogen) atoms. The van der Waals surface area contributed by atoms with Crippen molar-refractivity contribution in [2.45, 2.75) is 45.6 Å². The highest BCUT2D eigenvalue weighted by Crippen LogP contribution is 2.25. The SMILES string of the molecule is C=CCCCC(NCCC)c1ccc(Br)cc1C. The zero-order valence-corrected chi connectivity index (χ0v) is 13.1. The number of nitrogens with one attached hydrogen (secondary N) is 1. The van der Waals surface area contributed by atoms with Gasteiger partial charge in [-0.3, -0.25) is 0 Å². The second-order valence-corrected chi connectivity index (χ2v) is 5.64. The van der Waals surface area contributed by atoms with Crippen LogP contribution >= 0.6 is 15.9 Å². The Morgan fingerprint density at radius 1 is 1.44 bits per heavy atom. The minimum Gasteiger partial charge on any atom is -0.310 e. The van der Waals surface area contributed by atoms with Crippen LogP contribution in [-0.2, 0) is 0 Å². The van der Waals surface area contributed by atoms with Crippen LogP contribution in [0.5, 0.6) is 0 Å². The molecule has 1 atom stereocenters. The summed E-state index contributed by atoms with van der Waals surface area (Å²) in [5, 5.41) is 3.66. The molecule has 0 heterocycles. The minimum absolute atomic E-state index is 0.470. The molecule has 1 unspecified atom stereocenters. The van der Waals surface area contributed by atoms with E-state index in [2.05, 4.69) is 59.9 Å². The molecule has 0 aliphatic carbocycles. The third-order valence-corrected chi connectivity index (χ3v) is 3.64. The van der Waals surface area contributed by atoms with E-state index in [0.717, 1.165) is 17.4 Å². The fourth-order valence-corrected chi connectivity index (χ4v) is 2.66. The summed E-state index contributed by atoms with van der Waals surface area (Å²) in [5.41, 5.74) is 2.78. The molecule has 1 rings (SSSR count). The van der Waals surface area contributed by atoms with Gasteiger partial charge in [-0.15, -0.1) is 6.58 Å². The Morgan fingerprint density at radius 3 is 2.83 bits per heavy atom. The third kappa shape index (κ3) is 4.95. The first-order chi connectivity index (χ1) is 8.69. The Hall–Kier alpha value is -0.600. The first-order valence-electron chi connectivity index (χ1n) is 6.79. The van der Waals surface area contributed by atoms with E-state index in [1.165, 1.54) is 30.4 Å². The van der Waals surface area contributed by atoms with Crippen LogP contribution in [0.15, 0.2) is 35.3 Å². The number of aryl methyl sites for hydroxylation is 1. The van der Waals surface area contributed by atoms with Gasteiger partial charge in [-0.2, -0.15) is 0 Å². The maximum absolute atomic E-state index is 3.79. The zero-order chi connectivity index (χ0) is 13.4. The summed E-state index contributed by atoms with van der Waals surface area (Å²) in [7, 11) is 0. The van der Waals surface area contributed by atoms with E-state index >= 15 is 0 Å². The molecule has 0 saturated carbocycles. The summed E-state index contributed by atoms with van der Waals surface area (Å²) in [6.45, 7) is 9.27. The molecule has 1 N–H and O–H groups in total. The molecule has 0 spiro atoms. The summed E-state index contributed by atoms with van der Waals surface area (Å²) in [6, 6.07) is 7.04. The molecule has 1 aromatic carbocycles. The van der Waals surface area contributed by atoms with E-state index < -0.39 is 0 Å². The molecule has 1 nitrogen and oxygen atoms in total. The lowest BCUT2D eigenvalue weighted by atomic mass is 9.96. The highest BCUT2D eigenvalue weighted by atomic mass is 79.9. The minimum atomic E-state index is 0.470. The summed E-state index contributed by atoms with van der Waals surface area (Å²) >= 11 is 3.53. The van der Waals surface area contributed by atoms with E-state index in [4.69, 9.17) is 0 Å². The number of benzene rings is 1. The molecule has 0 fully saturated rings. The molecule has 0 saturated heterocycles. The van der Waals surface area contributed by atoms with Gasteiger partial charge in [0.15, 0.2) is 0 Å². The standard InChI is InChI=1S/C16H24BrN/c1-4-6-7-8-16(18-11-5-2)15-10-9-14(17)12-13(15)3/h4,9-10,12,16,18H,1,5-8,11H2,2-3H3. The number of allylic oxidation sites excluding steroid dienone is 1. The van der Waals surface area contributed by atoms with Gasteiger partial charge in [0.05, 0.1) is 0 Å². The molecule has 0 bridgehead atoms. The first kappa shape index (κ1) is 15.5. The van der Waals surface area contributed by atoms with Crippen LogP contribution in [-0.4, -0.2) is 6.54 Å². The average Bonchev–Trinajstić information content (AvgIpc) is 2.34. The summed E-state index contributed by atoms with van der Waals surface area (Å²) in [6.07, 6.45) is 6.65. The van der Waals surface area contributed by atoms with Gasteiger partial charge in [-0.1, -0.05) is 35.0 Å².